The molecule has 0 aromatic carbocycles. The molecule has 0 N–H and O–H groups in total. The van der Waals surface area contributed by atoms with Gasteiger partial charge in [0, 0.05) is 55.1 Å². The molecule has 0 amide bonds. The van der Waals surface area contributed by atoms with Crippen molar-refractivity contribution >= 4 is 17.2 Å². The number of halogens is 1. The molecule has 136 valence electrons. The molecule has 1 aliphatic rings. The highest BCUT2D eigenvalue weighted by Crippen LogP contribution is 2.24. The molecule has 5 nitrogen and oxygen atoms in total. The highest BCUT2D eigenvalue weighted by atomic mass is 35.5. The summed E-state index contributed by atoms with van der Waals surface area (Å²) < 4.78 is 2.10. The van der Waals surface area contributed by atoms with Crippen molar-refractivity contribution in [1.82, 2.24) is 24.3 Å². The fourth-order valence-electron chi connectivity index (χ4n) is 3.46. The lowest BCUT2D eigenvalue weighted by Crippen LogP contribution is -2.32. The van der Waals surface area contributed by atoms with Crippen LogP contribution in [0.2, 0.25) is 5.02 Å². The van der Waals surface area contributed by atoms with Crippen LogP contribution in [0.1, 0.15) is 49.2 Å². The Morgan fingerprint density at radius 2 is 2.00 bits per heavy atom. The smallest absolute Gasteiger partial charge is 0.137 e. The molecule has 3 aromatic rings. The third kappa shape index (κ3) is 3.21. The molecule has 4 heterocycles. The van der Waals surface area contributed by atoms with Crippen LogP contribution in [0.15, 0.2) is 24.5 Å². The molecule has 6 heteroatoms. The van der Waals surface area contributed by atoms with Crippen LogP contribution in [0.25, 0.3) is 5.65 Å². The van der Waals surface area contributed by atoms with Gasteiger partial charge in [-0.05, 0) is 19.1 Å². The average Bonchev–Trinajstić information content (AvgIpc) is 2.89. The van der Waals surface area contributed by atoms with Gasteiger partial charge in [0.2, 0.25) is 0 Å². The lowest BCUT2D eigenvalue weighted by molar-refractivity contribution is 0.238. The summed E-state index contributed by atoms with van der Waals surface area (Å²) in [6.45, 7) is 11.2. The van der Waals surface area contributed by atoms with Gasteiger partial charge in [-0.1, -0.05) is 32.4 Å². The Morgan fingerprint density at radius 1 is 1.19 bits per heavy atom. The molecular formula is C20H24ClN5. The number of aromatic nitrogens is 4. The highest BCUT2D eigenvalue weighted by Gasteiger charge is 2.24. The van der Waals surface area contributed by atoms with Crippen LogP contribution in [-0.4, -0.2) is 30.8 Å². The first kappa shape index (κ1) is 17.4. The van der Waals surface area contributed by atoms with Crippen LogP contribution in [-0.2, 0) is 24.9 Å². The molecule has 0 radical (unpaired) electrons. The minimum atomic E-state index is -0.0148. The quantitative estimate of drug-likeness (QED) is 0.686. The normalized spacial score (nSPS) is 15.4. The van der Waals surface area contributed by atoms with E-state index < -0.39 is 0 Å². The van der Waals surface area contributed by atoms with Crippen LogP contribution < -0.4 is 0 Å². The van der Waals surface area contributed by atoms with E-state index in [1.165, 1.54) is 17.0 Å². The lowest BCUT2D eigenvalue weighted by Gasteiger charge is -2.29. The molecule has 3 aromatic heterocycles. The molecule has 0 atom stereocenters. The monoisotopic (exact) mass is 369 g/mol. The summed E-state index contributed by atoms with van der Waals surface area (Å²) in [5.74, 6) is 0.928. The molecule has 0 bridgehead atoms. The van der Waals surface area contributed by atoms with Gasteiger partial charge in [-0.25, -0.2) is 15.0 Å². The van der Waals surface area contributed by atoms with Gasteiger partial charge in [-0.2, -0.15) is 0 Å². The van der Waals surface area contributed by atoms with E-state index in [-0.39, 0.29) is 5.41 Å². The SMILES string of the molecule is Cc1nc2ccc(Cl)cn2c1CN1CCc2nc(C(C)(C)C)ncc2C1. The number of hydrogen-bond donors (Lipinski definition) is 0. The fraction of sp³-hybridized carbons (Fsp3) is 0.450. The molecule has 0 spiro atoms. The zero-order valence-corrected chi connectivity index (χ0v) is 16.5. The van der Waals surface area contributed by atoms with Gasteiger partial charge < -0.3 is 4.40 Å². The van der Waals surface area contributed by atoms with E-state index in [1.54, 1.807) is 0 Å². The molecular weight excluding hydrogens is 346 g/mol. The Balaban J connectivity index is 1.59. The maximum atomic E-state index is 6.18. The first-order chi connectivity index (χ1) is 12.3. The van der Waals surface area contributed by atoms with E-state index in [9.17, 15) is 0 Å². The number of imidazole rings is 1. The number of aryl methyl sites for hydroxylation is 1. The van der Waals surface area contributed by atoms with Crippen LogP contribution in [0.4, 0.5) is 0 Å². The lowest BCUT2D eigenvalue weighted by atomic mass is 9.95. The van der Waals surface area contributed by atoms with Crippen molar-refractivity contribution in [1.29, 1.82) is 0 Å². The van der Waals surface area contributed by atoms with E-state index in [1.807, 2.05) is 24.5 Å². The second-order valence-corrected chi connectivity index (χ2v) is 8.53. The minimum Gasteiger partial charge on any atom is -0.301 e. The Hall–Kier alpha value is -1.98. The Bertz CT molecular complexity index is 970. The first-order valence-electron chi connectivity index (χ1n) is 9.02. The number of nitrogens with zero attached hydrogens (tertiary/aromatic N) is 5. The molecule has 0 unspecified atom stereocenters. The molecule has 26 heavy (non-hydrogen) atoms. The Morgan fingerprint density at radius 3 is 2.77 bits per heavy atom. The summed E-state index contributed by atoms with van der Waals surface area (Å²) in [4.78, 5) is 16.5. The number of hydrogen-bond acceptors (Lipinski definition) is 4. The number of fused-ring (bicyclic) bond motifs is 2. The van der Waals surface area contributed by atoms with Gasteiger partial charge in [0.25, 0.3) is 0 Å². The molecule has 4 rings (SSSR count). The van der Waals surface area contributed by atoms with Crippen molar-refractivity contribution in [2.75, 3.05) is 6.54 Å². The Labute approximate surface area is 159 Å². The molecule has 0 saturated carbocycles. The third-order valence-corrected chi connectivity index (χ3v) is 5.16. The molecule has 0 aliphatic carbocycles. The topological polar surface area (TPSA) is 46.3 Å². The molecule has 0 saturated heterocycles. The van der Waals surface area contributed by atoms with Crippen LogP contribution in [0.5, 0.6) is 0 Å². The van der Waals surface area contributed by atoms with Gasteiger partial charge in [0.1, 0.15) is 11.5 Å². The van der Waals surface area contributed by atoms with Gasteiger partial charge in [0.15, 0.2) is 0 Å². The van der Waals surface area contributed by atoms with Gasteiger partial charge >= 0.3 is 0 Å². The summed E-state index contributed by atoms with van der Waals surface area (Å²) in [6, 6.07) is 3.85. The summed E-state index contributed by atoms with van der Waals surface area (Å²) in [7, 11) is 0. The van der Waals surface area contributed by atoms with Crippen LogP contribution >= 0.6 is 11.6 Å². The highest BCUT2D eigenvalue weighted by molar-refractivity contribution is 6.30. The maximum absolute atomic E-state index is 6.18. The largest absolute Gasteiger partial charge is 0.301 e. The van der Waals surface area contributed by atoms with Crippen molar-refractivity contribution in [3.63, 3.8) is 0 Å². The van der Waals surface area contributed by atoms with E-state index in [0.29, 0.717) is 0 Å². The zero-order valence-electron chi connectivity index (χ0n) is 15.8. The summed E-state index contributed by atoms with van der Waals surface area (Å²) in [6.07, 6.45) is 4.91. The average molecular weight is 370 g/mol. The standard InChI is InChI=1S/C20H24ClN5/c1-13-17(26-11-15(21)5-6-18(26)23-13)12-25-8-7-16-14(10-25)9-22-19(24-16)20(2,3)4/h5-6,9,11H,7-8,10,12H2,1-4H3. The van der Waals surface area contributed by atoms with Crippen molar-refractivity contribution < 1.29 is 0 Å². The second kappa shape index (κ2) is 6.32. The van der Waals surface area contributed by atoms with E-state index in [4.69, 9.17) is 16.6 Å². The maximum Gasteiger partial charge on any atom is 0.137 e. The predicted molar refractivity (Wildman–Crippen MR) is 103 cm³/mol. The molecule has 1 aliphatic heterocycles. The van der Waals surface area contributed by atoms with Gasteiger partial charge in [0.05, 0.1) is 16.4 Å². The van der Waals surface area contributed by atoms with E-state index in [2.05, 4.69) is 47.0 Å². The minimum absolute atomic E-state index is 0.0148. The predicted octanol–water partition coefficient (Wildman–Crippen LogP) is 3.94. The number of pyridine rings is 1. The summed E-state index contributed by atoms with van der Waals surface area (Å²) in [5.41, 5.74) is 5.60. The fourth-order valence-corrected chi connectivity index (χ4v) is 3.62. The van der Waals surface area contributed by atoms with Crippen LogP contribution in [0.3, 0.4) is 0 Å². The second-order valence-electron chi connectivity index (χ2n) is 8.10. The van der Waals surface area contributed by atoms with E-state index >= 15 is 0 Å². The summed E-state index contributed by atoms with van der Waals surface area (Å²) in [5, 5.41) is 0.725. The zero-order chi connectivity index (χ0) is 18.5. The molecule has 0 fully saturated rings. The first-order valence-corrected chi connectivity index (χ1v) is 9.40. The van der Waals surface area contributed by atoms with Gasteiger partial charge in [-0.3, -0.25) is 4.90 Å². The van der Waals surface area contributed by atoms with E-state index in [0.717, 1.165) is 48.2 Å². The number of rotatable bonds is 2. The van der Waals surface area contributed by atoms with Crippen molar-refractivity contribution in [3.05, 3.63) is 58.0 Å². The van der Waals surface area contributed by atoms with Crippen LogP contribution in [0, 0.1) is 6.92 Å². The van der Waals surface area contributed by atoms with Gasteiger partial charge in [-0.15, -0.1) is 0 Å². The summed E-state index contributed by atoms with van der Waals surface area (Å²) >= 11 is 6.18. The van der Waals surface area contributed by atoms with Crippen molar-refractivity contribution in [3.8, 4) is 0 Å². The Kier molecular flexibility index (Phi) is 4.24. The van der Waals surface area contributed by atoms with Crippen molar-refractivity contribution in [2.45, 2.75) is 52.6 Å². The van der Waals surface area contributed by atoms with Crippen molar-refractivity contribution in [2.24, 2.45) is 0 Å². The third-order valence-electron chi connectivity index (χ3n) is 4.94.